The number of carbonyl (C=O) groups is 1. The minimum atomic E-state index is -4.70. The lowest BCUT2D eigenvalue weighted by Gasteiger charge is -2.37. The van der Waals surface area contributed by atoms with E-state index in [0.717, 1.165) is 0 Å². The lowest BCUT2D eigenvalue weighted by Crippen LogP contribution is -2.63. The van der Waals surface area contributed by atoms with Gasteiger partial charge in [-0.1, -0.05) is 20.8 Å². The topological polar surface area (TPSA) is 43.1 Å². The first-order valence-corrected chi connectivity index (χ1v) is 3.38. The van der Waals surface area contributed by atoms with Crippen molar-refractivity contribution >= 4 is 6.29 Å². The van der Waals surface area contributed by atoms with Crippen LogP contribution < -0.4 is 5.73 Å². The molecule has 5 heteroatoms. The summed E-state index contributed by atoms with van der Waals surface area (Å²) in [6.45, 7) is 3.82. The van der Waals surface area contributed by atoms with Gasteiger partial charge in [0.1, 0.15) is 6.29 Å². The van der Waals surface area contributed by atoms with Gasteiger partial charge in [-0.2, -0.15) is 13.2 Å². The number of alkyl halides is 3. The molecule has 0 saturated heterocycles. The predicted molar refractivity (Wildman–Crippen MR) is 38.5 cm³/mol. The molecule has 0 aromatic rings. The summed E-state index contributed by atoms with van der Waals surface area (Å²) in [5.41, 5.74) is 0.868. The lowest BCUT2D eigenvalue weighted by atomic mass is 9.75. The molecule has 0 spiro atoms. The second kappa shape index (κ2) is 2.73. The Hall–Kier alpha value is -0.580. The molecule has 2 nitrogen and oxygen atoms in total. The van der Waals surface area contributed by atoms with Crippen molar-refractivity contribution in [2.45, 2.75) is 32.5 Å². The molecule has 0 radical (unpaired) electrons. The lowest BCUT2D eigenvalue weighted by molar-refractivity contribution is -0.205. The van der Waals surface area contributed by atoms with Gasteiger partial charge in [0.2, 0.25) is 0 Å². The van der Waals surface area contributed by atoms with Gasteiger partial charge in [-0.15, -0.1) is 0 Å². The highest BCUT2D eigenvalue weighted by Crippen LogP contribution is 2.39. The van der Waals surface area contributed by atoms with E-state index in [9.17, 15) is 18.0 Å². The second-order valence-electron chi connectivity index (χ2n) is 3.73. The SMILES string of the molecule is CC(C)(C)C(N)(C=O)C(F)(F)F. The van der Waals surface area contributed by atoms with Gasteiger partial charge < -0.3 is 10.5 Å². The Morgan fingerprint density at radius 1 is 1.17 bits per heavy atom. The molecule has 0 saturated carbocycles. The summed E-state index contributed by atoms with van der Waals surface area (Å²) in [4.78, 5) is 10.3. The van der Waals surface area contributed by atoms with Crippen LogP contribution in [0.25, 0.3) is 0 Å². The van der Waals surface area contributed by atoms with Crippen LogP contribution in [0.1, 0.15) is 20.8 Å². The zero-order valence-electron chi connectivity index (χ0n) is 7.20. The van der Waals surface area contributed by atoms with Gasteiger partial charge in [0.05, 0.1) is 0 Å². The number of aldehydes is 1. The fraction of sp³-hybridized carbons (Fsp3) is 0.857. The average Bonchev–Trinajstić information content (AvgIpc) is 1.81. The standard InChI is InChI=1S/C7H12F3NO/c1-5(2,3)6(11,4-12)7(8,9)10/h4H,11H2,1-3H3. The number of carbonyl (C=O) groups excluding carboxylic acids is 1. The molecule has 0 aromatic heterocycles. The summed E-state index contributed by atoms with van der Waals surface area (Å²) in [7, 11) is 0. The van der Waals surface area contributed by atoms with Crippen molar-refractivity contribution in [3.8, 4) is 0 Å². The summed E-state index contributed by atoms with van der Waals surface area (Å²) < 4.78 is 36.7. The molecule has 72 valence electrons. The fourth-order valence-electron chi connectivity index (χ4n) is 0.669. The van der Waals surface area contributed by atoms with Crippen molar-refractivity contribution in [1.82, 2.24) is 0 Å². The zero-order valence-corrected chi connectivity index (χ0v) is 7.20. The molecule has 0 aromatic carbocycles. The predicted octanol–water partition coefficient (Wildman–Crippen LogP) is 1.49. The maximum Gasteiger partial charge on any atom is 0.413 e. The molecule has 0 bridgehead atoms. The number of halogens is 3. The van der Waals surface area contributed by atoms with Crippen LogP contribution in [0, 0.1) is 5.41 Å². The summed E-state index contributed by atoms with van der Waals surface area (Å²) >= 11 is 0. The van der Waals surface area contributed by atoms with Gasteiger partial charge >= 0.3 is 6.18 Å². The molecule has 2 N–H and O–H groups in total. The van der Waals surface area contributed by atoms with E-state index in [-0.39, 0.29) is 6.29 Å². The van der Waals surface area contributed by atoms with E-state index in [1.807, 2.05) is 0 Å². The van der Waals surface area contributed by atoms with E-state index in [4.69, 9.17) is 5.73 Å². The van der Waals surface area contributed by atoms with Crippen LogP contribution in [0.15, 0.2) is 0 Å². The maximum atomic E-state index is 12.2. The van der Waals surface area contributed by atoms with Gasteiger partial charge in [0.15, 0.2) is 5.54 Å². The first kappa shape index (κ1) is 11.4. The zero-order chi connectivity index (χ0) is 10.2. The van der Waals surface area contributed by atoms with Crippen molar-refractivity contribution in [2.75, 3.05) is 0 Å². The van der Waals surface area contributed by atoms with Crippen LogP contribution in [-0.2, 0) is 4.79 Å². The Morgan fingerprint density at radius 2 is 1.50 bits per heavy atom. The molecule has 0 aliphatic heterocycles. The van der Waals surface area contributed by atoms with Crippen molar-refractivity contribution in [3.05, 3.63) is 0 Å². The summed E-state index contributed by atoms with van der Waals surface area (Å²) in [5, 5.41) is 0. The number of hydrogen-bond donors (Lipinski definition) is 1. The van der Waals surface area contributed by atoms with Gasteiger partial charge in [-0.05, 0) is 5.41 Å². The van der Waals surface area contributed by atoms with Crippen molar-refractivity contribution in [3.63, 3.8) is 0 Å². The largest absolute Gasteiger partial charge is 0.413 e. The second-order valence-corrected chi connectivity index (χ2v) is 3.73. The Bertz CT molecular complexity index is 166. The molecule has 0 aliphatic carbocycles. The molecular weight excluding hydrogens is 171 g/mol. The molecule has 12 heavy (non-hydrogen) atoms. The van der Waals surface area contributed by atoms with Gasteiger partial charge in [-0.3, -0.25) is 0 Å². The smallest absolute Gasteiger partial charge is 0.311 e. The van der Waals surface area contributed by atoms with Gasteiger partial charge in [0.25, 0.3) is 0 Å². The molecule has 0 heterocycles. The van der Waals surface area contributed by atoms with Crippen molar-refractivity contribution in [1.29, 1.82) is 0 Å². The molecule has 1 atom stereocenters. The highest BCUT2D eigenvalue weighted by atomic mass is 19.4. The van der Waals surface area contributed by atoms with Gasteiger partial charge in [0, 0.05) is 0 Å². The van der Waals surface area contributed by atoms with E-state index < -0.39 is 17.1 Å². The monoisotopic (exact) mass is 183 g/mol. The molecule has 0 fully saturated rings. The Balaban J connectivity index is 5.09. The summed E-state index contributed by atoms with van der Waals surface area (Å²) in [5.74, 6) is 0. The Morgan fingerprint density at radius 3 is 1.50 bits per heavy atom. The molecule has 1 unspecified atom stereocenters. The molecule has 0 aliphatic rings. The normalized spacial score (nSPS) is 18.6. The van der Waals surface area contributed by atoms with E-state index in [1.54, 1.807) is 0 Å². The number of nitrogens with two attached hydrogens (primary N) is 1. The van der Waals surface area contributed by atoms with Gasteiger partial charge in [-0.25, -0.2) is 0 Å². The fourth-order valence-corrected chi connectivity index (χ4v) is 0.669. The minimum Gasteiger partial charge on any atom is -0.311 e. The van der Waals surface area contributed by atoms with Crippen LogP contribution in [0.4, 0.5) is 13.2 Å². The van der Waals surface area contributed by atoms with Crippen LogP contribution in [-0.4, -0.2) is 18.0 Å². The third kappa shape index (κ3) is 1.60. The highest BCUT2D eigenvalue weighted by molar-refractivity contribution is 5.67. The summed E-state index contributed by atoms with van der Waals surface area (Å²) in [6.07, 6.45) is -4.94. The van der Waals surface area contributed by atoms with Crippen LogP contribution in [0.5, 0.6) is 0 Å². The van der Waals surface area contributed by atoms with E-state index in [1.165, 1.54) is 20.8 Å². The number of hydrogen-bond acceptors (Lipinski definition) is 2. The van der Waals surface area contributed by atoms with E-state index in [0.29, 0.717) is 0 Å². The van der Waals surface area contributed by atoms with Crippen molar-refractivity contribution < 1.29 is 18.0 Å². The van der Waals surface area contributed by atoms with Crippen LogP contribution >= 0.6 is 0 Å². The first-order valence-electron chi connectivity index (χ1n) is 3.38. The number of rotatable bonds is 1. The van der Waals surface area contributed by atoms with E-state index >= 15 is 0 Å². The van der Waals surface area contributed by atoms with Crippen molar-refractivity contribution in [2.24, 2.45) is 11.1 Å². The van der Waals surface area contributed by atoms with E-state index in [2.05, 4.69) is 0 Å². The first-order chi connectivity index (χ1) is 5.06. The van der Waals surface area contributed by atoms with Crippen LogP contribution in [0.3, 0.4) is 0 Å². The van der Waals surface area contributed by atoms with Crippen LogP contribution in [0.2, 0.25) is 0 Å². The minimum absolute atomic E-state index is 0.243. The summed E-state index contributed by atoms with van der Waals surface area (Å²) in [6, 6.07) is 0. The molecule has 0 amide bonds. The Kier molecular flexibility index (Phi) is 2.59. The molecular formula is C7H12F3NO. The maximum absolute atomic E-state index is 12.2. The third-order valence-corrected chi connectivity index (χ3v) is 1.90. The molecule has 0 rings (SSSR count). The Labute approximate surface area is 68.9 Å². The highest BCUT2D eigenvalue weighted by Gasteiger charge is 2.59. The quantitative estimate of drug-likeness (QED) is 0.626. The average molecular weight is 183 g/mol. The third-order valence-electron chi connectivity index (χ3n) is 1.90.